The van der Waals surface area contributed by atoms with Gasteiger partial charge in [-0.15, -0.1) is 0 Å². The molecular weight excluding hydrogens is 210 g/mol. The van der Waals surface area contributed by atoms with Crippen molar-refractivity contribution >= 4 is 0 Å². The van der Waals surface area contributed by atoms with Gasteiger partial charge in [-0.3, -0.25) is 0 Å². The molecule has 1 aliphatic carbocycles. The van der Waals surface area contributed by atoms with Crippen LogP contribution < -0.4 is 5.73 Å². The second-order valence-electron chi connectivity index (χ2n) is 6.75. The van der Waals surface area contributed by atoms with E-state index in [1.807, 2.05) is 12.1 Å². The average Bonchev–Trinajstić information content (AvgIpc) is 2.76. The van der Waals surface area contributed by atoms with Crippen molar-refractivity contribution in [3.05, 3.63) is 29.8 Å². The molecule has 3 N–H and O–H groups in total. The third kappa shape index (κ3) is 2.47. The van der Waals surface area contributed by atoms with Crippen LogP contribution in [-0.4, -0.2) is 10.6 Å². The minimum Gasteiger partial charge on any atom is -0.508 e. The Labute approximate surface area is 104 Å². The van der Waals surface area contributed by atoms with Crippen LogP contribution in [0.3, 0.4) is 0 Å². The van der Waals surface area contributed by atoms with Gasteiger partial charge in [-0.1, -0.05) is 32.9 Å². The maximum atomic E-state index is 9.37. The monoisotopic (exact) mass is 233 g/mol. The molecule has 0 heterocycles. The quantitative estimate of drug-likeness (QED) is 0.823. The van der Waals surface area contributed by atoms with Crippen molar-refractivity contribution in [2.75, 3.05) is 0 Å². The maximum absolute atomic E-state index is 9.37. The maximum Gasteiger partial charge on any atom is 0.115 e. The molecule has 0 aromatic heterocycles. The number of hydrogen-bond donors (Lipinski definition) is 2. The number of phenols is 1. The first-order chi connectivity index (χ1) is 7.72. The Bertz CT molecular complexity index is 400. The van der Waals surface area contributed by atoms with E-state index in [0.29, 0.717) is 17.6 Å². The van der Waals surface area contributed by atoms with Crippen LogP contribution in [0.1, 0.15) is 45.6 Å². The zero-order chi connectivity index (χ0) is 12.8. The summed E-state index contributed by atoms with van der Waals surface area (Å²) in [7, 11) is 0. The van der Waals surface area contributed by atoms with Crippen LogP contribution in [0.5, 0.6) is 5.75 Å². The van der Waals surface area contributed by atoms with Crippen molar-refractivity contribution in [2.45, 2.75) is 45.6 Å². The molecule has 3 unspecified atom stereocenters. The van der Waals surface area contributed by atoms with E-state index in [4.69, 9.17) is 5.73 Å². The first-order valence-corrected chi connectivity index (χ1v) is 6.29. The van der Waals surface area contributed by atoms with Gasteiger partial charge in [-0.05, 0) is 48.3 Å². The molecule has 3 atom stereocenters. The molecule has 17 heavy (non-hydrogen) atoms. The molecule has 0 saturated heterocycles. The van der Waals surface area contributed by atoms with Gasteiger partial charge in [0.25, 0.3) is 0 Å². The Balaban J connectivity index is 2.32. The van der Waals surface area contributed by atoms with Gasteiger partial charge < -0.3 is 10.8 Å². The molecule has 2 rings (SSSR count). The van der Waals surface area contributed by atoms with E-state index in [0.717, 1.165) is 6.42 Å². The summed E-state index contributed by atoms with van der Waals surface area (Å²) in [6.45, 7) is 8.92. The van der Waals surface area contributed by atoms with Gasteiger partial charge in [0.1, 0.15) is 5.75 Å². The van der Waals surface area contributed by atoms with Crippen LogP contribution in [0.25, 0.3) is 0 Å². The number of rotatable bonds is 2. The van der Waals surface area contributed by atoms with Crippen molar-refractivity contribution in [2.24, 2.45) is 17.1 Å². The van der Waals surface area contributed by atoms with E-state index < -0.39 is 0 Å². The fourth-order valence-corrected chi connectivity index (χ4v) is 2.93. The Kier molecular flexibility index (Phi) is 2.74. The van der Waals surface area contributed by atoms with Gasteiger partial charge in [-0.2, -0.15) is 0 Å². The lowest BCUT2D eigenvalue weighted by molar-refractivity contribution is 0.278. The molecule has 94 valence electrons. The molecule has 0 aliphatic heterocycles. The highest BCUT2D eigenvalue weighted by Crippen LogP contribution is 2.56. The first kappa shape index (κ1) is 12.4. The number of hydrogen-bond acceptors (Lipinski definition) is 2. The molecule has 0 bridgehead atoms. The normalized spacial score (nSPS) is 30.1. The molecule has 0 amide bonds. The van der Waals surface area contributed by atoms with Crippen molar-refractivity contribution in [1.29, 1.82) is 0 Å². The predicted octanol–water partition coefficient (Wildman–Crippen LogP) is 3.26. The minimum atomic E-state index is -0.0180. The number of aromatic hydroxyl groups is 1. The average molecular weight is 233 g/mol. The Morgan fingerprint density at radius 1 is 1.29 bits per heavy atom. The third-order valence-electron chi connectivity index (χ3n) is 3.93. The first-order valence-electron chi connectivity index (χ1n) is 6.29. The summed E-state index contributed by atoms with van der Waals surface area (Å²) in [5.74, 6) is 1.33. The molecule has 0 radical (unpaired) electrons. The zero-order valence-electron chi connectivity index (χ0n) is 11.2. The molecular formula is C15H23NO. The molecule has 1 aromatic carbocycles. The molecule has 1 aromatic rings. The van der Waals surface area contributed by atoms with Gasteiger partial charge in [0, 0.05) is 5.54 Å². The molecule has 2 nitrogen and oxygen atoms in total. The molecule has 1 fully saturated rings. The van der Waals surface area contributed by atoms with Crippen LogP contribution in [0.4, 0.5) is 0 Å². The van der Waals surface area contributed by atoms with Crippen molar-refractivity contribution in [3.63, 3.8) is 0 Å². The smallest absolute Gasteiger partial charge is 0.115 e. The highest BCUT2D eigenvalue weighted by Gasteiger charge is 2.54. The summed E-state index contributed by atoms with van der Waals surface area (Å²) in [4.78, 5) is 0. The van der Waals surface area contributed by atoms with E-state index in [1.54, 1.807) is 12.1 Å². The van der Waals surface area contributed by atoms with E-state index >= 15 is 0 Å². The molecule has 0 spiro atoms. The highest BCUT2D eigenvalue weighted by atomic mass is 16.3. The lowest BCUT2D eigenvalue weighted by Crippen LogP contribution is -2.28. The molecule has 2 heteroatoms. The van der Waals surface area contributed by atoms with E-state index in [9.17, 15) is 5.11 Å². The molecule has 1 saturated carbocycles. The zero-order valence-corrected chi connectivity index (χ0v) is 11.2. The van der Waals surface area contributed by atoms with Crippen molar-refractivity contribution < 1.29 is 5.11 Å². The summed E-state index contributed by atoms with van der Waals surface area (Å²) < 4.78 is 0. The topological polar surface area (TPSA) is 46.2 Å². The number of benzene rings is 1. The second kappa shape index (κ2) is 3.74. The van der Waals surface area contributed by atoms with Crippen LogP contribution in [0.15, 0.2) is 24.3 Å². The third-order valence-corrected chi connectivity index (χ3v) is 3.93. The van der Waals surface area contributed by atoms with Gasteiger partial charge in [0.05, 0.1) is 0 Å². The molecule has 1 aliphatic rings. The van der Waals surface area contributed by atoms with E-state index in [1.165, 1.54) is 5.56 Å². The van der Waals surface area contributed by atoms with E-state index in [2.05, 4.69) is 27.7 Å². The van der Waals surface area contributed by atoms with Gasteiger partial charge in [-0.25, -0.2) is 0 Å². The van der Waals surface area contributed by atoms with Gasteiger partial charge >= 0.3 is 0 Å². The minimum absolute atomic E-state index is 0.0180. The van der Waals surface area contributed by atoms with Crippen LogP contribution in [0.2, 0.25) is 0 Å². The van der Waals surface area contributed by atoms with E-state index in [-0.39, 0.29) is 11.0 Å². The second-order valence-corrected chi connectivity index (χ2v) is 6.75. The van der Waals surface area contributed by atoms with Crippen molar-refractivity contribution in [3.8, 4) is 5.75 Å². The van der Waals surface area contributed by atoms with Crippen LogP contribution >= 0.6 is 0 Å². The predicted molar refractivity (Wildman–Crippen MR) is 71.0 cm³/mol. The Morgan fingerprint density at radius 2 is 1.76 bits per heavy atom. The standard InChI is InChI=1S/C15H23NO/c1-14(2,3)13(12-9-15(12,4)16)10-5-7-11(17)8-6-10/h5-8,12-13,17H,9,16H2,1-4H3. The Hall–Kier alpha value is -1.02. The SMILES string of the molecule is CC(C)(C)C(c1ccc(O)cc1)C1CC1(C)N. The number of nitrogens with two attached hydrogens (primary N) is 1. The fraction of sp³-hybridized carbons (Fsp3) is 0.600. The largest absolute Gasteiger partial charge is 0.508 e. The lowest BCUT2D eigenvalue weighted by Gasteiger charge is -2.32. The summed E-state index contributed by atoms with van der Waals surface area (Å²) in [6.07, 6.45) is 1.09. The highest BCUT2D eigenvalue weighted by molar-refractivity contribution is 5.32. The van der Waals surface area contributed by atoms with Crippen LogP contribution in [0, 0.1) is 11.3 Å². The lowest BCUT2D eigenvalue weighted by atomic mass is 9.72. The summed E-state index contributed by atoms with van der Waals surface area (Å²) in [5, 5.41) is 9.37. The van der Waals surface area contributed by atoms with Crippen LogP contribution in [-0.2, 0) is 0 Å². The number of phenolic OH excluding ortho intramolecular Hbond substituents is 1. The summed E-state index contributed by atoms with van der Waals surface area (Å²) >= 11 is 0. The van der Waals surface area contributed by atoms with Crippen molar-refractivity contribution in [1.82, 2.24) is 0 Å². The summed E-state index contributed by atoms with van der Waals surface area (Å²) in [6, 6.07) is 7.59. The van der Waals surface area contributed by atoms with Gasteiger partial charge in [0.2, 0.25) is 0 Å². The Morgan fingerprint density at radius 3 is 2.12 bits per heavy atom. The van der Waals surface area contributed by atoms with Gasteiger partial charge in [0.15, 0.2) is 0 Å². The fourth-order valence-electron chi connectivity index (χ4n) is 2.93. The summed E-state index contributed by atoms with van der Waals surface area (Å²) in [5.41, 5.74) is 7.69.